The molecule has 0 spiro atoms. The zero-order chi connectivity index (χ0) is 10.0. The number of rotatable bonds is 2. The van der Waals surface area contributed by atoms with E-state index in [4.69, 9.17) is 5.11 Å². The third-order valence-corrected chi connectivity index (χ3v) is 1.77. The van der Waals surface area contributed by atoms with Gasteiger partial charge in [0.15, 0.2) is 23.1 Å². The topological polar surface area (TPSA) is 40.5 Å². The van der Waals surface area contributed by atoms with Gasteiger partial charge in [-0.25, -0.2) is 8.78 Å². The molecule has 13 heavy (non-hydrogen) atoms. The zero-order valence-electron chi connectivity index (χ0n) is 7.14. The van der Waals surface area contributed by atoms with Crippen LogP contribution in [0.1, 0.15) is 18.9 Å². The molecule has 0 unspecified atom stereocenters. The zero-order valence-corrected chi connectivity index (χ0v) is 7.14. The van der Waals surface area contributed by atoms with Crippen LogP contribution < -0.4 is 0 Å². The van der Waals surface area contributed by atoms with Crippen molar-refractivity contribution >= 4 is 0 Å². The van der Waals surface area contributed by atoms with Gasteiger partial charge < -0.3 is 10.2 Å². The number of phenolic OH excluding ortho intramolecular Hbond substituents is 2. The first-order valence-corrected chi connectivity index (χ1v) is 3.96. The molecule has 1 aromatic rings. The molecule has 2 nitrogen and oxygen atoms in total. The minimum absolute atomic E-state index is 0.167. The average molecular weight is 188 g/mol. The summed E-state index contributed by atoms with van der Waals surface area (Å²) >= 11 is 0. The lowest BCUT2D eigenvalue weighted by Crippen LogP contribution is -1.95. The molecule has 2 N–H and O–H groups in total. The van der Waals surface area contributed by atoms with Crippen LogP contribution in [-0.4, -0.2) is 10.2 Å². The summed E-state index contributed by atoms with van der Waals surface area (Å²) < 4.78 is 25.7. The van der Waals surface area contributed by atoms with Crippen molar-refractivity contribution in [1.29, 1.82) is 0 Å². The summed E-state index contributed by atoms with van der Waals surface area (Å²) in [6.45, 7) is 1.76. The summed E-state index contributed by atoms with van der Waals surface area (Å²) in [4.78, 5) is 0. The highest BCUT2D eigenvalue weighted by Gasteiger charge is 2.16. The molecule has 0 amide bonds. The van der Waals surface area contributed by atoms with Crippen molar-refractivity contribution < 1.29 is 19.0 Å². The fourth-order valence-electron chi connectivity index (χ4n) is 1.13. The fraction of sp³-hybridized carbons (Fsp3) is 0.333. The van der Waals surface area contributed by atoms with E-state index in [2.05, 4.69) is 0 Å². The Morgan fingerprint density at radius 3 is 2.46 bits per heavy atom. The first-order valence-electron chi connectivity index (χ1n) is 3.96. The summed E-state index contributed by atoms with van der Waals surface area (Å²) in [6, 6.07) is 0.559. The molecule has 0 bridgehead atoms. The summed E-state index contributed by atoms with van der Waals surface area (Å²) in [7, 11) is 0. The van der Waals surface area contributed by atoms with Gasteiger partial charge >= 0.3 is 0 Å². The monoisotopic (exact) mass is 188 g/mol. The van der Waals surface area contributed by atoms with E-state index in [1.165, 1.54) is 0 Å². The van der Waals surface area contributed by atoms with E-state index in [9.17, 15) is 13.9 Å². The van der Waals surface area contributed by atoms with Crippen LogP contribution in [-0.2, 0) is 6.42 Å². The molecule has 0 radical (unpaired) electrons. The first kappa shape index (κ1) is 9.77. The maximum absolute atomic E-state index is 13.0. The number of hydrogen-bond donors (Lipinski definition) is 2. The number of halogens is 2. The summed E-state index contributed by atoms with van der Waals surface area (Å²) in [5.74, 6) is -3.42. The van der Waals surface area contributed by atoms with Gasteiger partial charge in [0.05, 0.1) is 0 Å². The first-order chi connectivity index (χ1) is 6.07. The van der Waals surface area contributed by atoms with E-state index in [0.717, 1.165) is 0 Å². The molecule has 0 aromatic heterocycles. The van der Waals surface area contributed by atoms with E-state index in [1.807, 2.05) is 0 Å². The Morgan fingerprint density at radius 1 is 1.31 bits per heavy atom. The Labute approximate surface area is 74.4 Å². The Bertz CT molecular complexity index is 298. The molecule has 0 aliphatic rings. The highest BCUT2D eigenvalue weighted by molar-refractivity contribution is 5.45. The molecule has 0 saturated heterocycles. The standard InChI is InChI=1S/C9H10F2O2/c1-2-3-5-8(11)6(10)4-7(12)9(5)13/h4,12-13H,2-3H2,1H3. The van der Waals surface area contributed by atoms with Gasteiger partial charge in [-0.05, 0) is 6.42 Å². The van der Waals surface area contributed by atoms with Crippen molar-refractivity contribution in [3.05, 3.63) is 23.3 Å². The molecule has 72 valence electrons. The molecule has 1 rings (SSSR count). The molecule has 0 aliphatic carbocycles. The van der Waals surface area contributed by atoms with Gasteiger partial charge in [-0.1, -0.05) is 13.3 Å². The van der Waals surface area contributed by atoms with Crippen LogP contribution >= 0.6 is 0 Å². The van der Waals surface area contributed by atoms with Gasteiger partial charge in [-0.3, -0.25) is 0 Å². The van der Waals surface area contributed by atoms with Crippen LogP contribution in [0.3, 0.4) is 0 Å². The van der Waals surface area contributed by atoms with Gasteiger partial charge in [0.25, 0.3) is 0 Å². The molecule has 0 saturated carbocycles. The van der Waals surface area contributed by atoms with Gasteiger partial charge in [0.1, 0.15) is 0 Å². The minimum Gasteiger partial charge on any atom is -0.504 e. The van der Waals surface area contributed by atoms with Gasteiger partial charge in [0, 0.05) is 11.6 Å². The SMILES string of the molecule is CCCc1c(O)c(O)cc(F)c1F. The lowest BCUT2D eigenvalue weighted by Gasteiger charge is -2.06. The predicted octanol–water partition coefficient (Wildman–Crippen LogP) is 2.33. The van der Waals surface area contributed by atoms with Crippen LogP contribution in [0.2, 0.25) is 0 Å². The number of phenols is 2. The molecular formula is C9H10F2O2. The lowest BCUT2D eigenvalue weighted by molar-refractivity contribution is 0.382. The third kappa shape index (κ3) is 1.71. The van der Waals surface area contributed by atoms with Crippen molar-refractivity contribution in [1.82, 2.24) is 0 Å². The predicted molar refractivity (Wildman–Crippen MR) is 43.7 cm³/mol. The second kappa shape index (κ2) is 3.60. The Morgan fingerprint density at radius 2 is 1.92 bits per heavy atom. The second-order valence-electron chi connectivity index (χ2n) is 2.77. The largest absolute Gasteiger partial charge is 0.504 e. The molecule has 0 fully saturated rings. The van der Waals surface area contributed by atoms with Crippen molar-refractivity contribution in [2.75, 3.05) is 0 Å². The van der Waals surface area contributed by atoms with E-state index in [0.29, 0.717) is 12.5 Å². The van der Waals surface area contributed by atoms with Crippen LogP contribution in [0.5, 0.6) is 11.5 Å². The quantitative estimate of drug-likeness (QED) is 0.699. The van der Waals surface area contributed by atoms with E-state index < -0.39 is 23.1 Å². The molecule has 0 heterocycles. The van der Waals surface area contributed by atoms with Gasteiger partial charge in [-0.15, -0.1) is 0 Å². The molecule has 1 aromatic carbocycles. The fourth-order valence-corrected chi connectivity index (χ4v) is 1.13. The highest BCUT2D eigenvalue weighted by Crippen LogP contribution is 2.33. The highest BCUT2D eigenvalue weighted by atomic mass is 19.2. The van der Waals surface area contributed by atoms with Gasteiger partial charge in [0.2, 0.25) is 0 Å². The van der Waals surface area contributed by atoms with Crippen molar-refractivity contribution in [2.24, 2.45) is 0 Å². The minimum atomic E-state index is -1.14. The van der Waals surface area contributed by atoms with Gasteiger partial charge in [-0.2, -0.15) is 0 Å². The number of aromatic hydroxyl groups is 2. The summed E-state index contributed by atoms with van der Waals surface area (Å²) in [5, 5.41) is 18.2. The molecule has 0 aliphatic heterocycles. The average Bonchev–Trinajstić information content (AvgIpc) is 2.09. The van der Waals surface area contributed by atoms with E-state index >= 15 is 0 Å². The summed E-state index contributed by atoms with van der Waals surface area (Å²) in [5.41, 5.74) is -0.167. The number of benzene rings is 1. The maximum Gasteiger partial charge on any atom is 0.165 e. The molecule has 4 heteroatoms. The maximum atomic E-state index is 13.0. The summed E-state index contributed by atoms with van der Waals surface area (Å²) in [6.07, 6.45) is 0.760. The Kier molecular flexibility index (Phi) is 2.70. The Hall–Kier alpha value is -1.32. The smallest absolute Gasteiger partial charge is 0.165 e. The van der Waals surface area contributed by atoms with Crippen molar-refractivity contribution in [3.63, 3.8) is 0 Å². The third-order valence-electron chi connectivity index (χ3n) is 1.77. The van der Waals surface area contributed by atoms with Crippen molar-refractivity contribution in [3.8, 4) is 11.5 Å². The van der Waals surface area contributed by atoms with Crippen LogP contribution in [0.15, 0.2) is 6.07 Å². The lowest BCUT2D eigenvalue weighted by atomic mass is 10.1. The van der Waals surface area contributed by atoms with Crippen LogP contribution in [0.4, 0.5) is 8.78 Å². The Balaban J connectivity index is 3.28. The van der Waals surface area contributed by atoms with E-state index in [1.54, 1.807) is 6.92 Å². The molecule has 0 atom stereocenters. The van der Waals surface area contributed by atoms with Crippen LogP contribution in [0, 0.1) is 11.6 Å². The van der Waals surface area contributed by atoms with E-state index in [-0.39, 0.29) is 12.0 Å². The normalized spacial score (nSPS) is 10.4. The van der Waals surface area contributed by atoms with Crippen molar-refractivity contribution in [2.45, 2.75) is 19.8 Å². The molecular weight excluding hydrogens is 178 g/mol. The van der Waals surface area contributed by atoms with Crippen LogP contribution in [0.25, 0.3) is 0 Å². The number of hydrogen-bond acceptors (Lipinski definition) is 2. The second-order valence-corrected chi connectivity index (χ2v) is 2.77.